The highest BCUT2D eigenvalue weighted by atomic mass is 32.2. The molecule has 0 saturated carbocycles. The Morgan fingerprint density at radius 3 is 1.50 bits per heavy atom. The van der Waals surface area contributed by atoms with Gasteiger partial charge in [0.25, 0.3) is 0 Å². The third kappa shape index (κ3) is 10.6. The van der Waals surface area contributed by atoms with E-state index in [4.69, 9.17) is 0 Å². The zero-order valence-corrected chi connectivity index (χ0v) is 11.9. The maximum absolute atomic E-state index is 11.3. The molecule has 0 aliphatic carbocycles. The molecule has 2 nitrogen and oxygen atoms in total. The molecule has 0 heterocycles. The van der Waals surface area contributed by atoms with Crippen molar-refractivity contribution in [2.45, 2.75) is 52.4 Å². The van der Waals surface area contributed by atoms with Crippen LogP contribution in [0.15, 0.2) is 0 Å². The number of hydrogen-bond donors (Lipinski definition) is 0. The molecule has 94 valence electrons. The number of hydrogen-bond acceptors (Lipinski definition) is 4. The standard InChI is InChI=1S/C12H22O2S2/c1-3-9-15-11(13)7-5-6-8-12(14)16-10-4-2/h3-10H2,1-2H3. The van der Waals surface area contributed by atoms with Crippen molar-refractivity contribution in [1.82, 2.24) is 0 Å². The minimum atomic E-state index is 0.274. The van der Waals surface area contributed by atoms with Crippen molar-refractivity contribution in [2.24, 2.45) is 0 Å². The predicted molar refractivity (Wildman–Crippen MR) is 74.0 cm³/mol. The lowest BCUT2D eigenvalue weighted by Gasteiger charge is -2.00. The van der Waals surface area contributed by atoms with Crippen molar-refractivity contribution < 1.29 is 9.59 Å². The lowest BCUT2D eigenvalue weighted by molar-refractivity contribution is -0.112. The van der Waals surface area contributed by atoms with Gasteiger partial charge in [0.15, 0.2) is 10.2 Å². The molecule has 0 bridgehead atoms. The van der Waals surface area contributed by atoms with Crippen LogP contribution in [0.4, 0.5) is 0 Å². The molecule has 0 saturated heterocycles. The Labute approximate surface area is 107 Å². The summed E-state index contributed by atoms with van der Waals surface area (Å²) in [5.74, 6) is 1.84. The Morgan fingerprint density at radius 2 is 1.19 bits per heavy atom. The number of thioether (sulfide) groups is 2. The zero-order valence-electron chi connectivity index (χ0n) is 10.3. The van der Waals surface area contributed by atoms with E-state index in [9.17, 15) is 9.59 Å². The average molecular weight is 262 g/mol. The van der Waals surface area contributed by atoms with E-state index >= 15 is 0 Å². The van der Waals surface area contributed by atoms with Crippen LogP contribution in [0.3, 0.4) is 0 Å². The molecule has 0 spiro atoms. The van der Waals surface area contributed by atoms with Gasteiger partial charge in [-0.25, -0.2) is 0 Å². The fourth-order valence-corrected chi connectivity index (χ4v) is 2.56. The molecule has 0 atom stereocenters. The second-order valence-electron chi connectivity index (χ2n) is 3.65. The largest absolute Gasteiger partial charge is 0.287 e. The van der Waals surface area contributed by atoms with Gasteiger partial charge in [0.2, 0.25) is 0 Å². The quantitative estimate of drug-likeness (QED) is 0.590. The SMILES string of the molecule is CCCSC(=O)CCCCC(=O)SCCC. The lowest BCUT2D eigenvalue weighted by Crippen LogP contribution is -1.96. The summed E-state index contributed by atoms with van der Waals surface area (Å²) in [6.07, 6.45) is 5.04. The highest BCUT2D eigenvalue weighted by Gasteiger charge is 2.04. The average Bonchev–Trinajstić information content (AvgIpc) is 2.29. The zero-order chi connectivity index (χ0) is 12.2. The molecule has 16 heavy (non-hydrogen) atoms. The normalized spacial score (nSPS) is 10.4. The van der Waals surface area contributed by atoms with E-state index < -0.39 is 0 Å². The van der Waals surface area contributed by atoms with E-state index in [1.165, 1.54) is 23.5 Å². The molecule has 0 radical (unpaired) electrons. The molecule has 4 heteroatoms. The third-order valence-electron chi connectivity index (χ3n) is 1.95. The number of carbonyl (C=O) groups is 2. The van der Waals surface area contributed by atoms with Gasteiger partial charge in [-0.15, -0.1) is 0 Å². The van der Waals surface area contributed by atoms with Gasteiger partial charge in [0.1, 0.15) is 0 Å². The van der Waals surface area contributed by atoms with Crippen LogP contribution in [0.2, 0.25) is 0 Å². The van der Waals surface area contributed by atoms with Crippen molar-refractivity contribution >= 4 is 33.8 Å². The Hall–Kier alpha value is 0.0400. The van der Waals surface area contributed by atoms with E-state index in [0.717, 1.165) is 37.2 Å². The first-order valence-corrected chi connectivity index (χ1v) is 7.99. The molecule has 0 unspecified atom stereocenters. The topological polar surface area (TPSA) is 34.1 Å². The highest BCUT2D eigenvalue weighted by molar-refractivity contribution is 8.13. The van der Waals surface area contributed by atoms with E-state index in [0.29, 0.717) is 12.8 Å². The summed E-state index contributed by atoms with van der Waals surface area (Å²) in [7, 11) is 0. The molecule has 0 aromatic carbocycles. The van der Waals surface area contributed by atoms with Crippen LogP contribution < -0.4 is 0 Å². The molecule has 0 N–H and O–H groups in total. The van der Waals surface area contributed by atoms with Gasteiger partial charge in [-0.2, -0.15) is 0 Å². The van der Waals surface area contributed by atoms with Crippen LogP contribution in [0.25, 0.3) is 0 Å². The summed E-state index contributed by atoms with van der Waals surface area (Å²) in [6, 6.07) is 0. The van der Waals surface area contributed by atoms with Gasteiger partial charge in [-0.3, -0.25) is 9.59 Å². The van der Waals surface area contributed by atoms with Crippen molar-refractivity contribution in [3.63, 3.8) is 0 Å². The molecule has 0 amide bonds. The highest BCUT2D eigenvalue weighted by Crippen LogP contribution is 2.14. The van der Waals surface area contributed by atoms with Crippen LogP contribution in [-0.2, 0) is 9.59 Å². The first kappa shape index (κ1) is 16.0. The molecule has 0 aliphatic heterocycles. The van der Waals surface area contributed by atoms with Crippen LogP contribution in [-0.4, -0.2) is 21.7 Å². The van der Waals surface area contributed by atoms with Crippen LogP contribution in [0.1, 0.15) is 52.4 Å². The maximum atomic E-state index is 11.3. The lowest BCUT2D eigenvalue weighted by atomic mass is 10.2. The Kier molecular flexibility index (Phi) is 11.6. The van der Waals surface area contributed by atoms with E-state index in [1.807, 2.05) is 0 Å². The van der Waals surface area contributed by atoms with E-state index in [2.05, 4.69) is 13.8 Å². The number of carbonyl (C=O) groups excluding carboxylic acids is 2. The monoisotopic (exact) mass is 262 g/mol. The van der Waals surface area contributed by atoms with Gasteiger partial charge in [0.05, 0.1) is 0 Å². The van der Waals surface area contributed by atoms with Crippen LogP contribution >= 0.6 is 23.5 Å². The van der Waals surface area contributed by atoms with Crippen molar-refractivity contribution in [3.05, 3.63) is 0 Å². The van der Waals surface area contributed by atoms with E-state index in [-0.39, 0.29) is 10.2 Å². The third-order valence-corrected chi connectivity index (χ3v) is 4.22. The van der Waals surface area contributed by atoms with Gasteiger partial charge < -0.3 is 0 Å². The van der Waals surface area contributed by atoms with E-state index in [1.54, 1.807) is 0 Å². The van der Waals surface area contributed by atoms with Gasteiger partial charge >= 0.3 is 0 Å². The van der Waals surface area contributed by atoms with Crippen LogP contribution in [0.5, 0.6) is 0 Å². The summed E-state index contributed by atoms with van der Waals surface area (Å²) >= 11 is 2.84. The van der Waals surface area contributed by atoms with Gasteiger partial charge in [0, 0.05) is 24.3 Å². The fourth-order valence-electron chi connectivity index (χ4n) is 1.11. The summed E-state index contributed by atoms with van der Waals surface area (Å²) in [5, 5.41) is 0.547. The van der Waals surface area contributed by atoms with Gasteiger partial charge in [-0.05, 0) is 25.7 Å². The second-order valence-corrected chi connectivity index (χ2v) is 5.95. The number of unbranched alkanes of at least 4 members (excludes halogenated alkanes) is 1. The first-order chi connectivity index (χ1) is 7.70. The Morgan fingerprint density at radius 1 is 0.812 bits per heavy atom. The molecular weight excluding hydrogens is 240 g/mol. The van der Waals surface area contributed by atoms with Crippen molar-refractivity contribution in [3.8, 4) is 0 Å². The van der Waals surface area contributed by atoms with Crippen molar-refractivity contribution in [2.75, 3.05) is 11.5 Å². The first-order valence-electron chi connectivity index (χ1n) is 6.02. The molecular formula is C12H22O2S2. The molecule has 0 aromatic rings. The van der Waals surface area contributed by atoms with Gasteiger partial charge in [-0.1, -0.05) is 37.4 Å². The fraction of sp³-hybridized carbons (Fsp3) is 0.833. The summed E-state index contributed by atoms with van der Waals surface area (Å²) in [5.41, 5.74) is 0. The molecule has 0 aromatic heterocycles. The number of rotatable bonds is 9. The Bertz CT molecular complexity index is 183. The second kappa shape index (κ2) is 11.5. The predicted octanol–water partition coefficient (Wildman–Crippen LogP) is 3.89. The minimum Gasteiger partial charge on any atom is -0.287 e. The smallest absolute Gasteiger partial charge is 0.188 e. The summed E-state index contributed by atoms with van der Waals surface area (Å²) in [6.45, 7) is 4.15. The van der Waals surface area contributed by atoms with Crippen LogP contribution in [0, 0.1) is 0 Å². The summed E-state index contributed by atoms with van der Waals surface area (Å²) in [4.78, 5) is 22.6. The maximum Gasteiger partial charge on any atom is 0.188 e. The molecule has 0 aliphatic rings. The minimum absolute atomic E-state index is 0.274. The molecule has 0 rings (SSSR count). The van der Waals surface area contributed by atoms with Crippen molar-refractivity contribution in [1.29, 1.82) is 0 Å². The summed E-state index contributed by atoms with van der Waals surface area (Å²) < 4.78 is 0. The Balaban J connectivity index is 3.31. The molecule has 0 fully saturated rings.